The predicted octanol–water partition coefficient (Wildman–Crippen LogP) is 1.99. The van der Waals surface area contributed by atoms with Crippen molar-refractivity contribution in [1.82, 2.24) is 5.32 Å². The summed E-state index contributed by atoms with van der Waals surface area (Å²) < 4.78 is 37.1. The number of benzene rings is 1. The van der Waals surface area contributed by atoms with Gasteiger partial charge in [-0.2, -0.15) is 0 Å². The van der Waals surface area contributed by atoms with Crippen LogP contribution in [0.1, 0.15) is 19.8 Å². The van der Waals surface area contributed by atoms with E-state index in [4.69, 9.17) is 0 Å². The predicted molar refractivity (Wildman–Crippen MR) is 66.2 cm³/mol. The van der Waals surface area contributed by atoms with E-state index < -0.39 is 15.7 Å². The minimum atomic E-state index is -3.50. The van der Waals surface area contributed by atoms with Crippen molar-refractivity contribution in [1.29, 1.82) is 0 Å². The maximum absolute atomic E-state index is 13.3. The van der Waals surface area contributed by atoms with Crippen molar-refractivity contribution in [3.63, 3.8) is 0 Å². The van der Waals surface area contributed by atoms with Gasteiger partial charge in [0.05, 0.1) is 5.75 Å². The van der Waals surface area contributed by atoms with Gasteiger partial charge in [-0.25, -0.2) is 12.8 Å². The van der Waals surface area contributed by atoms with E-state index in [0.29, 0.717) is 6.42 Å². The number of hydrogen-bond acceptors (Lipinski definition) is 3. The van der Waals surface area contributed by atoms with Crippen molar-refractivity contribution in [3.05, 3.63) is 30.1 Å². The van der Waals surface area contributed by atoms with Crippen molar-refractivity contribution < 1.29 is 12.8 Å². The minimum absolute atomic E-state index is 0.0139. The normalized spacial score (nSPS) is 13.6. The lowest BCUT2D eigenvalue weighted by atomic mass is 10.2. The summed E-state index contributed by atoms with van der Waals surface area (Å²) in [6.45, 7) is 1.98. The highest BCUT2D eigenvalue weighted by Crippen LogP contribution is 2.16. The molecule has 3 nitrogen and oxygen atoms in total. The Labute approximate surface area is 102 Å². The van der Waals surface area contributed by atoms with E-state index in [-0.39, 0.29) is 16.7 Å². The van der Waals surface area contributed by atoms with Crippen LogP contribution in [0.4, 0.5) is 4.39 Å². The van der Waals surface area contributed by atoms with Crippen LogP contribution in [-0.4, -0.2) is 27.3 Å². The Hall–Kier alpha value is -0.940. The molecule has 1 aromatic rings. The Kier molecular flexibility index (Phi) is 5.08. The topological polar surface area (TPSA) is 46.2 Å². The molecule has 96 valence electrons. The van der Waals surface area contributed by atoms with Gasteiger partial charge in [-0.05, 0) is 38.9 Å². The molecule has 0 fully saturated rings. The molecule has 17 heavy (non-hydrogen) atoms. The van der Waals surface area contributed by atoms with Crippen molar-refractivity contribution in [3.8, 4) is 0 Å². The molecule has 0 amide bonds. The first-order chi connectivity index (χ1) is 7.97. The van der Waals surface area contributed by atoms with Gasteiger partial charge in [-0.3, -0.25) is 0 Å². The summed E-state index contributed by atoms with van der Waals surface area (Å²) >= 11 is 0. The van der Waals surface area contributed by atoms with Crippen LogP contribution >= 0.6 is 0 Å². The summed E-state index contributed by atoms with van der Waals surface area (Å²) in [6, 6.07) is 5.77. The molecule has 0 radical (unpaired) electrons. The average Bonchev–Trinajstić information content (AvgIpc) is 2.28. The quantitative estimate of drug-likeness (QED) is 0.850. The molecule has 1 N–H and O–H groups in total. The fraction of sp³-hybridized carbons (Fsp3) is 0.500. The molecule has 5 heteroatoms. The van der Waals surface area contributed by atoms with Gasteiger partial charge < -0.3 is 5.32 Å². The highest BCUT2D eigenvalue weighted by Gasteiger charge is 2.18. The fourth-order valence-electron chi connectivity index (χ4n) is 1.53. The lowest BCUT2D eigenvalue weighted by Gasteiger charge is -2.10. The highest BCUT2D eigenvalue weighted by molar-refractivity contribution is 7.91. The average molecular weight is 259 g/mol. The van der Waals surface area contributed by atoms with E-state index in [1.807, 2.05) is 14.0 Å². The number of sulfone groups is 1. The molecule has 0 saturated heterocycles. The molecule has 1 rings (SSSR count). The summed E-state index contributed by atoms with van der Waals surface area (Å²) in [4.78, 5) is -0.197. The van der Waals surface area contributed by atoms with Crippen LogP contribution in [0, 0.1) is 5.82 Å². The summed E-state index contributed by atoms with van der Waals surface area (Å²) in [6.07, 6.45) is 1.28. The van der Waals surface area contributed by atoms with Gasteiger partial charge >= 0.3 is 0 Å². The van der Waals surface area contributed by atoms with Gasteiger partial charge in [-0.15, -0.1) is 0 Å². The van der Waals surface area contributed by atoms with Gasteiger partial charge in [0.2, 0.25) is 0 Å². The molecular weight excluding hydrogens is 241 g/mol. The molecule has 0 aliphatic heterocycles. The van der Waals surface area contributed by atoms with Gasteiger partial charge in [0.15, 0.2) is 9.84 Å². The first-order valence-corrected chi connectivity index (χ1v) is 7.27. The van der Waals surface area contributed by atoms with Gasteiger partial charge in [0.25, 0.3) is 0 Å². The van der Waals surface area contributed by atoms with Crippen molar-refractivity contribution in [2.45, 2.75) is 30.7 Å². The molecule has 0 saturated carbocycles. The third-order valence-electron chi connectivity index (χ3n) is 2.71. The van der Waals surface area contributed by atoms with Gasteiger partial charge in [0.1, 0.15) is 10.7 Å². The number of rotatable bonds is 6. The van der Waals surface area contributed by atoms with E-state index >= 15 is 0 Å². The molecule has 0 spiro atoms. The van der Waals surface area contributed by atoms with E-state index in [9.17, 15) is 12.8 Å². The summed E-state index contributed by atoms with van der Waals surface area (Å²) in [5, 5.41) is 3.03. The molecule has 0 aromatic heterocycles. The van der Waals surface area contributed by atoms with Crippen LogP contribution in [0.15, 0.2) is 29.2 Å². The Morgan fingerprint density at radius 2 is 2.00 bits per heavy atom. The summed E-state index contributed by atoms with van der Waals surface area (Å²) in [7, 11) is -1.67. The molecule has 0 aliphatic rings. The molecule has 1 unspecified atom stereocenters. The Morgan fingerprint density at radius 1 is 1.35 bits per heavy atom. The van der Waals surface area contributed by atoms with Gasteiger partial charge in [0, 0.05) is 6.04 Å². The molecule has 1 aromatic carbocycles. The van der Waals surface area contributed by atoms with Crippen molar-refractivity contribution in [2.75, 3.05) is 12.8 Å². The number of halogens is 1. The zero-order valence-corrected chi connectivity index (χ0v) is 10.9. The van der Waals surface area contributed by atoms with Crippen LogP contribution in [0.5, 0.6) is 0 Å². The van der Waals surface area contributed by atoms with Crippen LogP contribution < -0.4 is 5.32 Å². The fourth-order valence-corrected chi connectivity index (χ4v) is 2.95. The van der Waals surface area contributed by atoms with Crippen LogP contribution in [0.2, 0.25) is 0 Å². The maximum atomic E-state index is 13.3. The SMILES string of the molecule is CNC(C)CCCS(=O)(=O)c1ccccc1F. The van der Waals surface area contributed by atoms with E-state index in [1.165, 1.54) is 24.3 Å². The summed E-state index contributed by atoms with van der Waals surface area (Å²) in [5.41, 5.74) is 0. The Bertz CT molecular complexity index is 459. The van der Waals surface area contributed by atoms with E-state index in [2.05, 4.69) is 5.32 Å². The first-order valence-electron chi connectivity index (χ1n) is 5.62. The lowest BCUT2D eigenvalue weighted by Crippen LogP contribution is -2.22. The lowest BCUT2D eigenvalue weighted by molar-refractivity contribution is 0.542. The zero-order chi connectivity index (χ0) is 12.9. The number of hydrogen-bond donors (Lipinski definition) is 1. The van der Waals surface area contributed by atoms with E-state index in [1.54, 1.807) is 0 Å². The van der Waals surface area contributed by atoms with Crippen molar-refractivity contribution in [2.24, 2.45) is 0 Å². The van der Waals surface area contributed by atoms with Crippen molar-refractivity contribution >= 4 is 9.84 Å². The van der Waals surface area contributed by atoms with Gasteiger partial charge in [-0.1, -0.05) is 12.1 Å². The molecule has 0 bridgehead atoms. The molecule has 0 heterocycles. The zero-order valence-electron chi connectivity index (χ0n) is 10.1. The first kappa shape index (κ1) is 14.1. The van der Waals surface area contributed by atoms with Crippen LogP contribution in [0.3, 0.4) is 0 Å². The van der Waals surface area contributed by atoms with Crippen LogP contribution in [-0.2, 0) is 9.84 Å². The highest BCUT2D eigenvalue weighted by atomic mass is 32.2. The Morgan fingerprint density at radius 3 is 2.59 bits per heavy atom. The molecular formula is C12H18FNO2S. The second-order valence-corrected chi connectivity index (χ2v) is 6.16. The maximum Gasteiger partial charge on any atom is 0.181 e. The largest absolute Gasteiger partial charge is 0.317 e. The third-order valence-corrected chi connectivity index (χ3v) is 4.54. The van der Waals surface area contributed by atoms with Crippen LogP contribution in [0.25, 0.3) is 0 Å². The standard InChI is InChI=1S/C12H18FNO2S/c1-10(14-2)6-5-9-17(15,16)12-8-4-3-7-11(12)13/h3-4,7-8,10,14H,5-6,9H2,1-2H3. The Balaban J connectivity index is 2.67. The van der Waals surface area contributed by atoms with E-state index in [0.717, 1.165) is 6.42 Å². The molecule has 1 atom stereocenters. The second-order valence-electron chi connectivity index (χ2n) is 4.08. The monoisotopic (exact) mass is 259 g/mol. The molecule has 0 aliphatic carbocycles. The second kappa shape index (κ2) is 6.12. The third kappa shape index (κ3) is 4.09. The summed E-state index contributed by atoms with van der Waals surface area (Å²) in [5.74, 6) is -0.686. The smallest absolute Gasteiger partial charge is 0.181 e. The minimum Gasteiger partial charge on any atom is -0.317 e. The number of nitrogens with one attached hydrogen (secondary N) is 1.